The average molecular weight is 324 g/mol. The fraction of sp³-hybridized carbons (Fsp3) is 0.0588. The highest BCUT2D eigenvalue weighted by Crippen LogP contribution is 2.21. The molecule has 0 unspecified atom stereocenters. The van der Waals surface area contributed by atoms with Gasteiger partial charge in [-0.15, -0.1) is 0 Å². The Balaban J connectivity index is 2.65. The Morgan fingerprint density at radius 1 is 1.00 bits per heavy atom. The zero-order valence-corrected chi connectivity index (χ0v) is 12.1. The van der Waals surface area contributed by atoms with Crippen molar-refractivity contribution in [2.75, 3.05) is 0 Å². The van der Waals surface area contributed by atoms with E-state index in [2.05, 4.69) is 22.0 Å². The monoisotopic (exact) mass is 323 g/mol. The van der Waals surface area contributed by atoms with Gasteiger partial charge in [-0.25, -0.2) is 0 Å². The van der Waals surface area contributed by atoms with Crippen LogP contribution in [-0.4, -0.2) is 0 Å². The van der Waals surface area contributed by atoms with Crippen molar-refractivity contribution in [1.82, 2.24) is 0 Å². The molecule has 0 bridgehead atoms. The number of alkyl halides is 1. The van der Waals surface area contributed by atoms with E-state index in [0.29, 0.717) is 27.1 Å². The number of rotatable bonds is 1. The normalized spacial score (nSPS) is 10.6. The average Bonchev–Trinajstić information content (AvgIpc) is 2.62. The van der Waals surface area contributed by atoms with E-state index in [1.54, 1.807) is 12.1 Å². The Labute approximate surface area is 124 Å². The van der Waals surface area contributed by atoms with Gasteiger partial charge in [0.05, 0.1) is 11.6 Å². The quantitative estimate of drug-likeness (QED) is 0.632. The van der Waals surface area contributed by atoms with E-state index in [0.717, 1.165) is 10.9 Å². The molecule has 0 radical (unpaired) electrons. The van der Waals surface area contributed by atoms with Crippen LogP contribution >= 0.6 is 15.9 Å². The second kappa shape index (κ2) is 5.07. The van der Waals surface area contributed by atoms with E-state index < -0.39 is 0 Å². The highest BCUT2D eigenvalue weighted by Gasteiger charge is 2.07. The van der Waals surface area contributed by atoms with Crippen molar-refractivity contribution in [3.05, 3.63) is 69.9 Å². The van der Waals surface area contributed by atoms with Crippen LogP contribution < -0.4 is 5.43 Å². The molecule has 0 aliphatic carbocycles. The predicted molar refractivity (Wildman–Crippen MR) is 85.1 cm³/mol. The number of nitriles is 1. The maximum absolute atomic E-state index is 12.7. The van der Waals surface area contributed by atoms with E-state index in [-0.39, 0.29) is 5.43 Å². The molecule has 3 rings (SSSR count). The fourth-order valence-electron chi connectivity index (χ4n) is 2.40. The lowest BCUT2D eigenvalue weighted by atomic mass is 10.1. The first-order valence-electron chi connectivity index (χ1n) is 6.19. The third-order valence-corrected chi connectivity index (χ3v) is 4.05. The van der Waals surface area contributed by atoms with E-state index in [1.807, 2.05) is 36.4 Å². The molecule has 0 aliphatic rings. The van der Waals surface area contributed by atoms with Gasteiger partial charge in [0.2, 0.25) is 0 Å². The highest BCUT2D eigenvalue weighted by atomic mass is 79.9. The number of halogens is 1. The molecule has 0 atom stereocenters. The van der Waals surface area contributed by atoms with E-state index in [4.69, 9.17) is 0 Å². The summed E-state index contributed by atoms with van der Waals surface area (Å²) in [6, 6.07) is 17.0. The van der Waals surface area contributed by atoms with Crippen LogP contribution in [0.4, 0.5) is 0 Å². The molecule has 3 heteroatoms. The summed E-state index contributed by atoms with van der Waals surface area (Å²) in [7, 11) is 0. The summed E-state index contributed by atoms with van der Waals surface area (Å²) < 4.78 is 0. The summed E-state index contributed by atoms with van der Waals surface area (Å²) in [6.45, 7) is 0. The number of nitrogens with zero attached hydrogens (tertiary/aromatic N) is 1. The molecule has 0 fully saturated rings. The van der Waals surface area contributed by atoms with Crippen molar-refractivity contribution in [3.63, 3.8) is 0 Å². The van der Waals surface area contributed by atoms with Gasteiger partial charge < -0.3 is 0 Å². The molecule has 0 saturated heterocycles. The molecule has 3 aromatic carbocycles. The Morgan fingerprint density at radius 2 is 1.80 bits per heavy atom. The maximum Gasteiger partial charge on any atom is 0.194 e. The molecule has 0 heterocycles. The molecular formula is C17H10BrNO. The second-order valence-corrected chi connectivity index (χ2v) is 5.16. The molecule has 0 saturated carbocycles. The Kier molecular flexibility index (Phi) is 3.25. The van der Waals surface area contributed by atoms with Gasteiger partial charge in [-0.1, -0.05) is 52.3 Å². The molecule has 3 aromatic rings. The minimum atomic E-state index is -0.0279. The highest BCUT2D eigenvalue weighted by molar-refractivity contribution is 9.08. The standard InChI is InChI=1S/C17H10BrNO/c18-9-11-5-6-14-13(10-19)8-12-3-1-2-4-15(12)17(20)16(14)7-11/h1-8H,9H2. The van der Waals surface area contributed by atoms with Gasteiger partial charge in [0, 0.05) is 21.5 Å². The summed E-state index contributed by atoms with van der Waals surface area (Å²) in [5.74, 6) is 0. The molecule has 0 amide bonds. The number of hydrogen-bond donors (Lipinski definition) is 0. The molecule has 2 nitrogen and oxygen atoms in total. The summed E-state index contributed by atoms with van der Waals surface area (Å²) in [4.78, 5) is 12.7. The van der Waals surface area contributed by atoms with Gasteiger partial charge in [0.15, 0.2) is 5.43 Å². The van der Waals surface area contributed by atoms with Crippen LogP contribution in [0.25, 0.3) is 21.5 Å². The Bertz CT molecular complexity index is 925. The lowest BCUT2D eigenvalue weighted by Crippen LogP contribution is -1.98. The first-order valence-corrected chi connectivity index (χ1v) is 7.31. The van der Waals surface area contributed by atoms with E-state index in [1.165, 1.54) is 0 Å². The summed E-state index contributed by atoms with van der Waals surface area (Å²) in [6.07, 6.45) is 0. The first kappa shape index (κ1) is 12.8. The predicted octanol–water partition coefficient (Wildman–Crippen LogP) is 4.12. The third kappa shape index (κ3) is 1.99. The van der Waals surface area contributed by atoms with Crippen LogP contribution in [0.2, 0.25) is 0 Å². The number of benzene rings is 2. The van der Waals surface area contributed by atoms with Crippen molar-refractivity contribution in [2.24, 2.45) is 0 Å². The van der Waals surface area contributed by atoms with Gasteiger partial charge in [-0.2, -0.15) is 5.26 Å². The van der Waals surface area contributed by atoms with Crippen molar-refractivity contribution in [3.8, 4) is 6.07 Å². The van der Waals surface area contributed by atoms with Crippen LogP contribution in [0.15, 0.2) is 53.3 Å². The molecular weight excluding hydrogens is 314 g/mol. The molecule has 0 aromatic heterocycles. The van der Waals surface area contributed by atoms with Crippen LogP contribution in [0.5, 0.6) is 0 Å². The zero-order valence-electron chi connectivity index (χ0n) is 10.6. The first-order chi connectivity index (χ1) is 9.74. The van der Waals surface area contributed by atoms with Crippen LogP contribution in [0.3, 0.4) is 0 Å². The zero-order chi connectivity index (χ0) is 14.1. The topological polar surface area (TPSA) is 40.9 Å². The van der Waals surface area contributed by atoms with Crippen molar-refractivity contribution in [1.29, 1.82) is 5.26 Å². The lowest BCUT2D eigenvalue weighted by Gasteiger charge is -1.98. The largest absolute Gasteiger partial charge is 0.289 e. The van der Waals surface area contributed by atoms with Crippen molar-refractivity contribution >= 4 is 37.5 Å². The Morgan fingerprint density at radius 3 is 2.55 bits per heavy atom. The van der Waals surface area contributed by atoms with Crippen LogP contribution in [0, 0.1) is 11.3 Å². The SMILES string of the molecule is N#Cc1cc2ccccc2c(=O)c2cc(CBr)ccc12. The van der Waals surface area contributed by atoms with Gasteiger partial charge in [0.25, 0.3) is 0 Å². The molecule has 0 N–H and O–H groups in total. The van der Waals surface area contributed by atoms with E-state index in [9.17, 15) is 10.1 Å². The smallest absolute Gasteiger partial charge is 0.194 e. The van der Waals surface area contributed by atoms with Gasteiger partial charge in [-0.05, 0) is 23.1 Å². The second-order valence-electron chi connectivity index (χ2n) is 4.60. The third-order valence-electron chi connectivity index (χ3n) is 3.40. The summed E-state index contributed by atoms with van der Waals surface area (Å²) in [5.41, 5.74) is 1.52. The lowest BCUT2D eigenvalue weighted by molar-refractivity contribution is 1.46. The summed E-state index contributed by atoms with van der Waals surface area (Å²) >= 11 is 3.40. The number of hydrogen-bond acceptors (Lipinski definition) is 2. The minimum absolute atomic E-state index is 0.0279. The van der Waals surface area contributed by atoms with E-state index >= 15 is 0 Å². The van der Waals surface area contributed by atoms with Gasteiger partial charge in [-0.3, -0.25) is 4.79 Å². The number of fused-ring (bicyclic) bond motifs is 2. The molecule has 20 heavy (non-hydrogen) atoms. The molecule has 0 spiro atoms. The van der Waals surface area contributed by atoms with Crippen molar-refractivity contribution < 1.29 is 0 Å². The maximum atomic E-state index is 12.7. The minimum Gasteiger partial charge on any atom is -0.289 e. The van der Waals surface area contributed by atoms with Gasteiger partial charge >= 0.3 is 0 Å². The summed E-state index contributed by atoms with van der Waals surface area (Å²) in [5, 5.41) is 12.8. The van der Waals surface area contributed by atoms with Crippen LogP contribution in [-0.2, 0) is 5.33 Å². The molecule has 0 aliphatic heterocycles. The Hall–Kier alpha value is -2.18. The van der Waals surface area contributed by atoms with Crippen molar-refractivity contribution in [2.45, 2.75) is 5.33 Å². The van der Waals surface area contributed by atoms with Crippen LogP contribution in [0.1, 0.15) is 11.1 Å². The fourth-order valence-corrected chi connectivity index (χ4v) is 2.75. The molecule has 96 valence electrons. The van der Waals surface area contributed by atoms with Gasteiger partial charge in [0.1, 0.15) is 0 Å².